The predicted octanol–water partition coefficient (Wildman–Crippen LogP) is 4.73. The topological polar surface area (TPSA) is 176 Å². The highest BCUT2D eigenvalue weighted by Gasteiger charge is 2.23. The summed E-state index contributed by atoms with van der Waals surface area (Å²) in [5, 5.41) is 13.6. The summed E-state index contributed by atoms with van der Waals surface area (Å²) in [7, 11) is 3.92. The van der Waals surface area contributed by atoms with Crippen molar-refractivity contribution in [3.8, 4) is 12.3 Å². The van der Waals surface area contributed by atoms with Crippen molar-refractivity contribution < 1.29 is 28.4 Å². The smallest absolute Gasteiger partial charge is 0.378 e. The van der Waals surface area contributed by atoms with Gasteiger partial charge in [-0.15, -0.1) is 6.42 Å². The molecule has 0 saturated heterocycles. The zero-order valence-electron chi connectivity index (χ0n) is 25.1. The summed E-state index contributed by atoms with van der Waals surface area (Å²) in [5.74, 6) is 1.34. The number of unbranched alkanes of at least 4 members (excludes halogenated alkanes) is 1. The fourth-order valence-corrected chi connectivity index (χ4v) is 6.14. The average Bonchev–Trinajstić information content (AvgIpc) is 3.00. The van der Waals surface area contributed by atoms with Crippen molar-refractivity contribution in [3.05, 3.63) is 54.1 Å². The molecule has 0 saturated carbocycles. The van der Waals surface area contributed by atoms with Gasteiger partial charge >= 0.3 is 6.80 Å². The van der Waals surface area contributed by atoms with E-state index < -0.39 is 24.7 Å². The van der Waals surface area contributed by atoms with Crippen LogP contribution >= 0.6 is 18.2 Å². The molecule has 2 rings (SSSR count). The molecule has 2 aromatic carbocycles. The Morgan fingerprint density at radius 1 is 1.05 bits per heavy atom. The molecular formula is C30H41N6O6PS. The van der Waals surface area contributed by atoms with Gasteiger partial charge in [-0.25, -0.2) is 4.57 Å². The van der Waals surface area contributed by atoms with E-state index in [0.717, 1.165) is 5.69 Å². The van der Waals surface area contributed by atoms with Crippen LogP contribution in [0.5, 0.6) is 0 Å². The SMILES string of the molecule is C#CCNC(=O)C(CCCCN)NC(=O)CCSP(=O)(O)OCCCC(=O)c1ccc(N=Nc2ccc(N(C)C)cc2)cc1. The van der Waals surface area contributed by atoms with Crippen LogP contribution in [-0.4, -0.2) is 68.1 Å². The Morgan fingerprint density at radius 3 is 2.27 bits per heavy atom. The number of Topliss-reactive ketones (excluding diaryl/α,β-unsaturated/α-hetero) is 1. The fraction of sp³-hybridized carbons (Fsp3) is 0.433. The number of benzene rings is 2. The van der Waals surface area contributed by atoms with E-state index in [2.05, 4.69) is 26.8 Å². The maximum Gasteiger partial charge on any atom is 0.386 e. The lowest BCUT2D eigenvalue weighted by Gasteiger charge is -2.18. The second kappa shape index (κ2) is 19.7. The molecule has 5 N–H and O–H groups in total. The standard InChI is InChI=1S/C30H41N6O6PS/c1-4-20-32-30(39)27(8-5-6-19-31)33-29(38)18-22-44-43(40,41)42-21-7-9-28(37)23-10-12-24(13-11-23)34-35-25-14-16-26(17-15-25)36(2)3/h1,10-17,27H,5-9,18-22,31H2,2-3H3,(H,32,39)(H,33,38)(H,40,41). The van der Waals surface area contributed by atoms with E-state index in [0.29, 0.717) is 54.1 Å². The van der Waals surface area contributed by atoms with Gasteiger partial charge in [0, 0.05) is 43.9 Å². The number of carbonyl (C=O) groups excluding carboxylic acids is 3. The van der Waals surface area contributed by atoms with Gasteiger partial charge in [-0.05, 0) is 92.1 Å². The lowest BCUT2D eigenvalue weighted by atomic mass is 10.1. The van der Waals surface area contributed by atoms with Crippen LogP contribution in [-0.2, 0) is 18.7 Å². The first-order valence-electron chi connectivity index (χ1n) is 14.2. The van der Waals surface area contributed by atoms with Crippen LogP contribution < -0.4 is 21.3 Å². The summed E-state index contributed by atoms with van der Waals surface area (Å²) in [5.41, 5.74) is 8.35. The van der Waals surface area contributed by atoms with Gasteiger partial charge in [0.2, 0.25) is 11.8 Å². The van der Waals surface area contributed by atoms with Gasteiger partial charge in [0.1, 0.15) is 6.04 Å². The number of azo groups is 1. The van der Waals surface area contributed by atoms with Crippen molar-refractivity contribution in [1.29, 1.82) is 0 Å². The highest BCUT2D eigenvalue weighted by Crippen LogP contribution is 2.55. The number of anilines is 1. The summed E-state index contributed by atoms with van der Waals surface area (Å²) in [6.45, 7) is -3.62. The Kier molecular flexibility index (Phi) is 16.4. The molecule has 0 aliphatic carbocycles. The number of nitrogens with zero attached hydrogens (tertiary/aromatic N) is 3. The maximum atomic E-state index is 12.5. The highest BCUT2D eigenvalue weighted by molar-refractivity contribution is 8.54. The summed E-state index contributed by atoms with van der Waals surface area (Å²) >= 11 is 0.618. The van der Waals surface area contributed by atoms with E-state index in [1.165, 1.54) is 0 Å². The number of rotatable bonds is 20. The molecule has 0 heterocycles. The number of terminal acetylenes is 1. The Balaban J connectivity index is 1.71. The molecule has 14 heteroatoms. The van der Waals surface area contributed by atoms with E-state index in [9.17, 15) is 23.8 Å². The van der Waals surface area contributed by atoms with Crippen LogP contribution in [0.1, 0.15) is 48.9 Å². The van der Waals surface area contributed by atoms with Crippen LogP contribution in [0.25, 0.3) is 0 Å². The van der Waals surface area contributed by atoms with Crippen LogP contribution in [0.2, 0.25) is 0 Å². The van der Waals surface area contributed by atoms with Crippen molar-refractivity contribution in [2.75, 3.05) is 44.4 Å². The fourth-order valence-electron chi connectivity index (χ4n) is 3.78. The lowest BCUT2D eigenvalue weighted by Crippen LogP contribution is -2.47. The molecule has 44 heavy (non-hydrogen) atoms. The van der Waals surface area contributed by atoms with E-state index in [4.69, 9.17) is 16.7 Å². The zero-order chi connectivity index (χ0) is 32.4. The summed E-state index contributed by atoms with van der Waals surface area (Å²) in [6, 6.07) is 13.6. The number of hydrogen-bond acceptors (Lipinski definition) is 10. The minimum absolute atomic E-state index is 0.00508. The third-order valence-corrected chi connectivity index (χ3v) is 9.25. The van der Waals surface area contributed by atoms with Gasteiger partial charge in [0.25, 0.3) is 0 Å². The molecule has 0 aromatic heterocycles. The number of nitrogens with one attached hydrogen (secondary N) is 2. The summed E-state index contributed by atoms with van der Waals surface area (Å²) in [4.78, 5) is 49.2. The van der Waals surface area contributed by atoms with Crippen LogP contribution in [0, 0.1) is 12.3 Å². The van der Waals surface area contributed by atoms with Gasteiger partial charge < -0.3 is 30.7 Å². The Labute approximate surface area is 262 Å². The quantitative estimate of drug-likeness (QED) is 0.0522. The second-order valence-corrected chi connectivity index (χ2v) is 13.9. The molecule has 0 aliphatic heterocycles. The van der Waals surface area contributed by atoms with Crippen LogP contribution in [0.3, 0.4) is 0 Å². The van der Waals surface area contributed by atoms with E-state index in [-0.39, 0.29) is 44.0 Å². The molecule has 0 radical (unpaired) electrons. The predicted molar refractivity (Wildman–Crippen MR) is 174 cm³/mol. The van der Waals surface area contributed by atoms with E-state index >= 15 is 0 Å². The first-order chi connectivity index (χ1) is 21.0. The molecule has 238 valence electrons. The number of ketones is 1. The minimum Gasteiger partial charge on any atom is -0.378 e. The number of hydrogen-bond donors (Lipinski definition) is 4. The Morgan fingerprint density at radius 2 is 1.68 bits per heavy atom. The van der Waals surface area contributed by atoms with Crippen molar-refractivity contribution in [2.24, 2.45) is 16.0 Å². The summed E-state index contributed by atoms with van der Waals surface area (Å²) < 4.78 is 17.5. The third kappa shape index (κ3) is 14.3. The van der Waals surface area contributed by atoms with Crippen molar-refractivity contribution in [1.82, 2.24) is 10.6 Å². The zero-order valence-corrected chi connectivity index (χ0v) is 26.8. The average molecular weight is 645 g/mol. The maximum absolute atomic E-state index is 12.5. The second-order valence-electron chi connectivity index (χ2n) is 9.90. The lowest BCUT2D eigenvalue weighted by molar-refractivity contribution is -0.128. The minimum atomic E-state index is -4.03. The monoisotopic (exact) mass is 644 g/mol. The first kappa shape index (κ1) is 36.7. The molecule has 0 fully saturated rings. The number of amides is 2. The highest BCUT2D eigenvalue weighted by atomic mass is 32.7. The normalized spacial score (nSPS) is 13.1. The van der Waals surface area contributed by atoms with Gasteiger partial charge in [-0.3, -0.25) is 14.4 Å². The van der Waals surface area contributed by atoms with Crippen LogP contribution in [0.15, 0.2) is 58.8 Å². The number of carbonyl (C=O) groups is 3. The molecule has 0 bridgehead atoms. The Bertz CT molecular complexity index is 1330. The van der Waals surface area contributed by atoms with Crippen molar-refractivity contribution in [3.63, 3.8) is 0 Å². The molecule has 2 atom stereocenters. The van der Waals surface area contributed by atoms with Gasteiger partial charge in [-0.1, -0.05) is 5.92 Å². The molecule has 2 aromatic rings. The van der Waals surface area contributed by atoms with E-state index in [1.807, 2.05) is 43.3 Å². The molecule has 2 unspecified atom stereocenters. The largest absolute Gasteiger partial charge is 0.386 e. The first-order valence-corrected chi connectivity index (χ1v) is 17.4. The van der Waals surface area contributed by atoms with Crippen molar-refractivity contribution >= 4 is 52.8 Å². The van der Waals surface area contributed by atoms with Gasteiger partial charge in [-0.2, -0.15) is 10.2 Å². The molecule has 0 aliphatic rings. The summed E-state index contributed by atoms with van der Waals surface area (Å²) in [6.07, 6.45) is 7.19. The van der Waals surface area contributed by atoms with Gasteiger partial charge in [0.15, 0.2) is 5.78 Å². The Hall–Kier alpha value is -3.53. The molecule has 12 nitrogen and oxygen atoms in total. The van der Waals surface area contributed by atoms with Gasteiger partial charge in [0.05, 0.1) is 24.5 Å². The third-order valence-electron chi connectivity index (χ3n) is 6.19. The molecule has 2 amide bonds. The molecular weight excluding hydrogens is 603 g/mol. The van der Waals surface area contributed by atoms with E-state index in [1.54, 1.807) is 24.3 Å². The molecule has 0 spiro atoms. The van der Waals surface area contributed by atoms with Crippen LogP contribution in [0.4, 0.5) is 17.1 Å². The number of nitrogens with two attached hydrogens (primary N) is 1. The van der Waals surface area contributed by atoms with Crippen molar-refractivity contribution in [2.45, 2.75) is 44.6 Å².